The number of rotatable bonds is 3. The molecule has 0 rings (SSSR count). The summed E-state index contributed by atoms with van der Waals surface area (Å²) in [7, 11) is 0. The van der Waals surface area contributed by atoms with Gasteiger partial charge in [0.25, 0.3) is 0 Å². The van der Waals surface area contributed by atoms with Crippen LogP contribution in [0.3, 0.4) is 0 Å². The Kier molecular flexibility index (Phi) is 10.5. The van der Waals surface area contributed by atoms with Crippen molar-refractivity contribution in [3.8, 4) is 0 Å². The molecule has 0 aromatic heterocycles. The summed E-state index contributed by atoms with van der Waals surface area (Å²) in [5.74, 6) is -0.963. The fraction of sp³-hybridized carbons (Fsp3) is 0.300. The molecule has 0 spiro atoms. The van der Waals surface area contributed by atoms with E-state index in [-0.39, 0.29) is 5.57 Å². The molecule has 0 bridgehead atoms. The number of aliphatic carboxylic acids is 1. The average Bonchev–Trinajstić information content (AvgIpc) is 2.15. The highest BCUT2D eigenvalue weighted by molar-refractivity contribution is 9.12. The van der Waals surface area contributed by atoms with Gasteiger partial charge >= 0.3 is 5.97 Å². The van der Waals surface area contributed by atoms with Gasteiger partial charge in [0.1, 0.15) is 0 Å². The summed E-state index contributed by atoms with van der Waals surface area (Å²) in [6.45, 7) is 9.17. The summed E-state index contributed by atoms with van der Waals surface area (Å²) in [5.41, 5.74) is 0.211. The fourth-order valence-corrected chi connectivity index (χ4v) is 0.828. The lowest BCUT2D eigenvalue weighted by molar-refractivity contribution is -0.132. The molecule has 0 aliphatic carbocycles. The number of halogens is 1. The molecule has 0 aromatic carbocycles. The molecule has 0 amide bonds. The van der Waals surface area contributed by atoms with Crippen molar-refractivity contribution in [3.63, 3.8) is 0 Å². The third-order valence-corrected chi connectivity index (χ3v) is 1.91. The van der Waals surface area contributed by atoms with Crippen molar-refractivity contribution in [2.24, 2.45) is 0 Å². The molecule has 13 heavy (non-hydrogen) atoms. The van der Waals surface area contributed by atoms with E-state index in [1.54, 1.807) is 13.0 Å². The van der Waals surface area contributed by atoms with Crippen molar-refractivity contribution in [2.75, 3.05) is 0 Å². The van der Waals surface area contributed by atoms with Crippen molar-refractivity contribution >= 4 is 21.9 Å². The Balaban J connectivity index is 0. The molecule has 0 radical (unpaired) electrons. The van der Waals surface area contributed by atoms with E-state index in [4.69, 9.17) is 5.11 Å². The fourth-order valence-electron chi connectivity index (χ4n) is 0.526. The summed E-state index contributed by atoms with van der Waals surface area (Å²) in [6.07, 6.45) is 4.55. The topological polar surface area (TPSA) is 37.3 Å². The van der Waals surface area contributed by atoms with Crippen LogP contribution < -0.4 is 0 Å². The minimum Gasteiger partial charge on any atom is -0.478 e. The lowest BCUT2D eigenvalue weighted by Crippen LogP contribution is -1.99. The molecule has 1 N–H and O–H groups in total. The Labute approximate surface area is 87.8 Å². The zero-order valence-electron chi connectivity index (χ0n) is 8.17. The van der Waals surface area contributed by atoms with E-state index in [9.17, 15) is 4.79 Å². The summed E-state index contributed by atoms with van der Waals surface area (Å²) in [5, 5.41) is 8.62. The molecule has 0 aromatic rings. The first-order chi connectivity index (χ1) is 6.13. The number of carboxylic acids is 1. The molecule has 0 aliphatic rings. The Hall–Kier alpha value is -0.830. The molecular formula is C10H15BrO2. The number of hydrogen-bond donors (Lipinski definition) is 1. The van der Waals surface area contributed by atoms with Crippen LogP contribution in [-0.4, -0.2) is 11.1 Å². The second kappa shape index (κ2) is 9.26. The van der Waals surface area contributed by atoms with Crippen LogP contribution in [0.4, 0.5) is 0 Å². The van der Waals surface area contributed by atoms with Crippen LogP contribution >= 0.6 is 15.9 Å². The van der Waals surface area contributed by atoms with E-state index in [0.717, 1.165) is 0 Å². The monoisotopic (exact) mass is 246 g/mol. The standard InChI is InChI=1S/C8H9BrO2.C2H6/c1-3-5-6(8(10)11)7(9)4-2;1-2/h3-5H,1H2,2H3,(H,10,11);1-2H3/b6-5+,7-4+;. The second-order valence-electron chi connectivity index (χ2n) is 1.76. The Morgan fingerprint density at radius 3 is 2.15 bits per heavy atom. The maximum atomic E-state index is 10.5. The van der Waals surface area contributed by atoms with Gasteiger partial charge in [0, 0.05) is 4.48 Å². The molecule has 0 unspecified atom stereocenters. The maximum Gasteiger partial charge on any atom is 0.336 e. The van der Waals surface area contributed by atoms with Gasteiger partial charge in [0.15, 0.2) is 0 Å². The van der Waals surface area contributed by atoms with Gasteiger partial charge in [0.05, 0.1) is 5.57 Å². The van der Waals surface area contributed by atoms with E-state index < -0.39 is 5.97 Å². The van der Waals surface area contributed by atoms with Gasteiger partial charge in [-0.25, -0.2) is 4.79 Å². The predicted molar refractivity (Wildman–Crippen MR) is 59.9 cm³/mol. The van der Waals surface area contributed by atoms with E-state index in [1.807, 2.05) is 13.8 Å². The molecule has 3 heteroatoms. The molecule has 74 valence electrons. The maximum absolute atomic E-state index is 10.5. The van der Waals surface area contributed by atoms with Crippen LogP contribution in [0, 0.1) is 0 Å². The van der Waals surface area contributed by atoms with E-state index in [2.05, 4.69) is 22.5 Å². The Morgan fingerprint density at radius 2 is 1.92 bits per heavy atom. The van der Waals surface area contributed by atoms with Gasteiger partial charge in [-0.05, 0) is 13.0 Å². The van der Waals surface area contributed by atoms with Crippen LogP contribution in [0.15, 0.2) is 34.9 Å². The zero-order chi connectivity index (χ0) is 10.9. The van der Waals surface area contributed by atoms with Gasteiger partial charge in [-0.1, -0.05) is 48.5 Å². The predicted octanol–water partition coefficient (Wildman–Crippen LogP) is 3.51. The van der Waals surface area contributed by atoms with Crippen molar-refractivity contribution in [1.29, 1.82) is 0 Å². The van der Waals surface area contributed by atoms with Crippen LogP contribution in [0.5, 0.6) is 0 Å². The van der Waals surface area contributed by atoms with Crippen molar-refractivity contribution in [2.45, 2.75) is 20.8 Å². The molecule has 0 aliphatic heterocycles. The number of carbonyl (C=O) groups is 1. The number of carboxylic acid groups (broad SMARTS) is 1. The largest absolute Gasteiger partial charge is 0.478 e. The Bertz CT molecular complexity index is 227. The van der Waals surface area contributed by atoms with Crippen LogP contribution in [0.2, 0.25) is 0 Å². The molecule has 0 atom stereocenters. The van der Waals surface area contributed by atoms with Crippen LogP contribution in [0.25, 0.3) is 0 Å². The first-order valence-electron chi connectivity index (χ1n) is 4.01. The third-order valence-electron chi connectivity index (χ3n) is 1.03. The lowest BCUT2D eigenvalue weighted by atomic mass is 10.2. The quantitative estimate of drug-likeness (QED) is 0.612. The molecule has 0 saturated heterocycles. The molecule has 0 fully saturated rings. The molecule has 0 saturated carbocycles. The van der Waals surface area contributed by atoms with E-state index in [1.165, 1.54) is 12.2 Å². The van der Waals surface area contributed by atoms with Gasteiger partial charge in [0.2, 0.25) is 0 Å². The average molecular weight is 247 g/mol. The van der Waals surface area contributed by atoms with Gasteiger partial charge < -0.3 is 5.11 Å². The van der Waals surface area contributed by atoms with Gasteiger partial charge in [-0.2, -0.15) is 0 Å². The Morgan fingerprint density at radius 1 is 1.46 bits per heavy atom. The summed E-state index contributed by atoms with van der Waals surface area (Å²) in [6, 6.07) is 0. The molecule has 0 heterocycles. The van der Waals surface area contributed by atoms with E-state index in [0.29, 0.717) is 4.48 Å². The lowest BCUT2D eigenvalue weighted by Gasteiger charge is -1.96. The normalized spacial score (nSPS) is 11.4. The minimum absolute atomic E-state index is 0.211. The van der Waals surface area contributed by atoms with Gasteiger partial charge in [-0.3, -0.25) is 0 Å². The number of hydrogen-bond acceptors (Lipinski definition) is 1. The number of allylic oxidation sites excluding steroid dienone is 3. The highest BCUT2D eigenvalue weighted by Crippen LogP contribution is 2.16. The SMILES string of the molecule is C=C/C=C(C(=O)O)\C(Br)=C/C.CC. The summed E-state index contributed by atoms with van der Waals surface area (Å²) >= 11 is 3.11. The third kappa shape index (κ3) is 6.34. The van der Waals surface area contributed by atoms with Crippen LogP contribution in [0.1, 0.15) is 20.8 Å². The van der Waals surface area contributed by atoms with Gasteiger partial charge in [-0.15, -0.1) is 0 Å². The zero-order valence-corrected chi connectivity index (χ0v) is 9.76. The minimum atomic E-state index is -0.963. The first kappa shape index (κ1) is 14.7. The summed E-state index contributed by atoms with van der Waals surface area (Å²) < 4.78 is 0.560. The van der Waals surface area contributed by atoms with E-state index >= 15 is 0 Å². The second-order valence-corrected chi connectivity index (χ2v) is 2.61. The first-order valence-corrected chi connectivity index (χ1v) is 4.81. The van der Waals surface area contributed by atoms with Crippen molar-refractivity contribution < 1.29 is 9.90 Å². The van der Waals surface area contributed by atoms with Crippen molar-refractivity contribution in [3.05, 3.63) is 34.9 Å². The molecular weight excluding hydrogens is 232 g/mol. The van der Waals surface area contributed by atoms with Crippen molar-refractivity contribution in [1.82, 2.24) is 0 Å². The summed E-state index contributed by atoms with van der Waals surface area (Å²) in [4.78, 5) is 10.5. The molecule has 2 nitrogen and oxygen atoms in total. The smallest absolute Gasteiger partial charge is 0.336 e. The van der Waals surface area contributed by atoms with Crippen LogP contribution in [-0.2, 0) is 4.79 Å². The highest BCUT2D eigenvalue weighted by atomic mass is 79.9. The highest BCUT2D eigenvalue weighted by Gasteiger charge is 2.07.